The molecule has 3 aromatic heterocycles. The fourth-order valence-corrected chi connectivity index (χ4v) is 2.71. The first-order valence-corrected chi connectivity index (χ1v) is 7.13. The Balaban J connectivity index is 1.93. The summed E-state index contributed by atoms with van der Waals surface area (Å²) >= 11 is 1.61. The number of rotatable bonds is 4. The molecule has 3 aromatic rings. The van der Waals surface area contributed by atoms with Gasteiger partial charge in [0.25, 0.3) is 0 Å². The van der Waals surface area contributed by atoms with Crippen molar-refractivity contribution in [2.24, 2.45) is 0 Å². The van der Waals surface area contributed by atoms with Gasteiger partial charge in [0.1, 0.15) is 5.69 Å². The van der Waals surface area contributed by atoms with Crippen molar-refractivity contribution < 1.29 is 0 Å². The van der Waals surface area contributed by atoms with Crippen LogP contribution in [0, 0.1) is 0 Å². The number of anilines is 2. The van der Waals surface area contributed by atoms with Gasteiger partial charge in [0, 0.05) is 23.5 Å². The van der Waals surface area contributed by atoms with Crippen LogP contribution in [0.15, 0.2) is 42.9 Å². The van der Waals surface area contributed by atoms with Gasteiger partial charge in [0.15, 0.2) is 5.13 Å². The minimum Gasteiger partial charge on any atom is -0.300 e. The van der Waals surface area contributed by atoms with Crippen LogP contribution < -0.4 is 5.32 Å². The predicted octanol–water partition coefficient (Wildman–Crippen LogP) is 3.30. The average Bonchev–Trinajstić information content (AvgIpc) is 2.92. The third-order valence-electron chi connectivity index (χ3n) is 2.71. The molecule has 0 spiro atoms. The Kier molecular flexibility index (Phi) is 3.64. The molecule has 3 heterocycles. The summed E-state index contributed by atoms with van der Waals surface area (Å²) in [6, 6.07) is 7.62. The first-order chi connectivity index (χ1) is 9.86. The summed E-state index contributed by atoms with van der Waals surface area (Å²) in [5.41, 5.74) is 1.82. The van der Waals surface area contributed by atoms with Crippen LogP contribution in [-0.2, 0) is 6.42 Å². The molecule has 0 aliphatic heterocycles. The quantitative estimate of drug-likeness (QED) is 0.796. The molecule has 6 heteroatoms. The highest BCUT2D eigenvalue weighted by molar-refractivity contribution is 7.16. The van der Waals surface area contributed by atoms with Crippen molar-refractivity contribution in [3.8, 4) is 11.4 Å². The molecular weight excluding hydrogens is 270 g/mol. The highest BCUT2D eigenvalue weighted by Gasteiger charge is 2.13. The fourth-order valence-electron chi connectivity index (χ4n) is 1.81. The predicted molar refractivity (Wildman–Crippen MR) is 80.0 cm³/mol. The number of pyridine rings is 1. The molecule has 100 valence electrons. The topological polar surface area (TPSA) is 63.6 Å². The SMILES string of the molecule is CCc1sc(Nc2ncccn2)nc1-c1ccccn1. The van der Waals surface area contributed by atoms with Crippen molar-refractivity contribution >= 4 is 22.4 Å². The molecule has 0 saturated heterocycles. The highest BCUT2D eigenvalue weighted by atomic mass is 32.1. The summed E-state index contributed by atoms with van der Waals surface area (Å²) < 4.78 is 0. The van der Waals surface area contributed by atoms with Gasteiger partial charge in [-0.05, 0) is 24.6 Å². The third-order valence-corrected chi connectivity index (χ3v) is 3.83. The van der Waals surface area contributed by atoms with Gasteiger partial charge in [0.2, 0.25) is 5.95 Å². The number of aromatic nitrogens is 4. The summed E-state index contributed by atoms with van der Waals surface area (Å²) in [6.07, 6.45) is 6.09. The van der Waals surface area contributed by atoms with Crippen molar-refractivity contribution in [3.05, 3.63) is 47.7 Å². The maximum Gasteiger partial charge on any atom is 0.228 e. The second-order valence-corrected chi connectivity index (χ2v) is 5.14. The van der Waals surface area contributed by atoms with Crippen molar-refractivity contribution in [2.45, 2.75) is 13.3 Å². The van der Waals surface area contributed by atoms with Crippen molar-refractivity contribution in [1.29, 1.82) is 0 Å². The van der Waals surface area contributed by atoms with E-state index in [1.807, 2.05) is 18.2 Å². The molecule has 0 radical (unpaired) electrons. The second kappa shape index (κ2) is 5.75. The molecule has 0 unspecified atom stereocenters. The summed E-state index contributed by atoms with van der Waals surface area (Å²) in [5.74, 6) is 0.552. The zero-order valence-corrected chi connectivity index (χ0v) is 11.8. The number of nitrogens with zero attached hydrogens (tertiary/aromatic N) is 4. The Morgan fingerprint density at radius 1 is 1.05 bits per heavy atom. The molecule has 0 atom stereocenters. The normalized spacial score (nSPS) is 10.4. The lowest BCUT2D eigenvalue weighted by atomic mass is 10.2. The zero-order chi connectivity index (χ0) is 13.8. The summed E-state index contributed by atoms with van der Waals surface area (Å²) in [7, 11) is 0. The first-order valence-electron chi connectivity index (χ1n) is 6.32. The molecule has 1 N–H and O–H groups in total. The molecule has 0 fully saturated rings. The Bertz CT molecular complexity index is 681. The van der Waals surface area contributed by atoms with Gasteiger partial charge in [0.05, 0.1) is 5.69 Å². The number of nitrogens with one attached hydrogen (secondary N) is 1. The van der Waals surface area contributed by atoms with E-state index in [2.05, 4.69) is 32.2 Å². The van der Waals surface area contributed by atoms with E-state index in [1.165, 1.54) is 4.88 Å². The monoisotopic (exact) mass is 283 g/mol. The van der Waals surface area contributed by atoms with Crippen LogP contribution >= 0.6 is 11.3 Å². The minimum absolute atomic E-state index is 0.552. The van der Waals surface area contributed by atoms with Gasteiger partial charge in [-0.2, -0.15) is 0 Å². The Morgan fingerprint density at radius 3 is 2.55 bits per heavy atom. The fraction of sp³-hybridized carbons (Fsp3) is 0.143. The van der Waals surface area contributed by atoms with Crippen molar-refractivity contribution in [1.82, 2.24) is 19.9 Å². The van der Waals surface area contributed by atoms with Gasteiger partial charge in [-0.3, -0.25) is 4.98 Å². The van der Waals surface area contributed by atoms with E-state index in [0.717, 1.165) is 22.9 Å². The van der Waals surface area contributed by atoms with Gasteiger partial charge >= 0.3 is 0 Å². The van der Waals surface area contributed by atoms with E-state index in [1.54, 1.807) is 36.0 Å². The van der Waals surface area contributed by atoms with Crippen LogP contribution in [0.4, 0.5) is 11.1 Å². The molecule has 0 aliphatic carbocycles. The molecule has 3 rings (SSSR count). The van der Waals surface area contributed by atoms with E-state index in [4.69, 9.17) is 0 Å². The van der Waals surface area contributed by atoms with E-state index in [9.17, 15) is 0 Å². The molecule has 0 aromatic carbocycles. The van der Waals surface area contributed by atoms with Gasteiger partial charge in [-0.15, -0.1) is 11.3 Å². The summed E-state index contributed by atoms with van der Waals surface area (Å²) in [4.78, 5) is 18.5. The molecular formula is C14H13N5S. The van der Waals surface area contributed by atoms with E-state index in [0.29, 0.717) is 5.95 Å². The second-order valence-electron chi connectivity index (χ2n) is 4.06. The van der Waals surface area contributed by atoms with E-state index >= 15 is 0 Å². The van der Waals surface area contributed by atoms with E-state index < -0.39 is 0 Å². The Morgan fingerprint density at radius 2 is 1.85 bits per heavy atom. The van der Waals surface area contributed by atoms with Crippen LogP contribution in [0.3, 0.4) is 0 Å². The van der Waals surface area contributed by atoms with Gasteiger partial charge in [-0.25, -0.2) is 15.0 Å². The van der Waals surface area contributed by atoms with Crippen LogP contribution in [0.5, 0.6) is 0 Å². The Hall–Kier alpha value is -2.34. The molecule has 5 nitrogen and oxygen atoms in total. The van der Waals surface area contributed by atoms with Crippen LogP contribution in [-0.4, -0.2) is 19.9 Å². The maximum absolute atomic E-state index is 4.61. The minimum atomic E-state index is 0.552. The van der Waals surface area contributed by atoms with Crippen LogP contribution in [0.1, 0.15) is 11.8 Å². The van der Waals surface area contributed by atoms with Crippen LogP contribution in [0.25, 0.3) is 11.4 Å². The molecule has 20 heavy (non-hydrogen) atoms. The largest absolute Gasteiger partial charge is 0.300 e. The lowest BCUT2D eigenvalue weighted by Crippen LogP contribution is -1.95. The van der Waals surface area contributed by atoms with Gasteiger partial charge < -0.3 is 5.32 Å². The standard InChI is InChI=1S/C14H13N5S/c1-2-11-12(10-6-3-4-7-15-10)18-14(20-11)19-13-16-8-5-9-17-13/h3-9H,2H2,1H3,(H,16,17,18,19). The van der Waals surface area contributed by atoms with Crippen molar-refractivity contribution in [3.63, 3.8) is 0 Å². The molecule has 0 aliphatic rings. The first kappa shape index (κ1) is 12.7. The average molecular weight is 283 g/mol. The number of thiazole rings is 1. The maximum atomic E-state index is 4.61. The lowest BCUT2D eigenvalue weighted by molar-refractivity contribution is 1.14. The van der Waals surface area contributed by atoms with Gasteiger partial charge in [-0.1, -0.05) is 13.0 Å². The number of hydrogen-bond acceptors (Lipinski definition) is 6. The van der Waals surface area contributed by atoms with E-state index in [-0.39, 0.29) is 0 Å². The summed E-state index contributed by atoms with van der Waals surface area (Å²) in [5, 5.41) is 3.91. The smallest absolute Gasteiger partial charge is 0.228 e. The number of hydrogen-bond donors (Lipinski definition) is 1. The molecule has 0 saturated carbocycles. The molecule has 0 bridgehead atoms. The summed E-state index contributed by atoms with van der Waals surface area (Å²) in [6.45, 7) is 2.11. The van der Waals surface area contributed by atoms with Crippen LogP contribution in [0.2, 0.25) is 0 Å². The highest BCUT2D eigenvalue weighted by Crippen LogP contribution is 2.31. The third kappa shape index (κ3) is 2.65. The Labute approximate surface area is 120 Å². The zero-order valence-electron chi connectivity index (χ0n) is 10.9. The lowest BCUT2D eigenvalue weighted by Gasteiger charge is -1.98. The van der Waals surface area contributed by atoms with Crippen molar-refractivity contribution in [2.75, 3.05) is 5.32 Å². The molecule has 0 amide bonds. The number of aryl methyl sites for hydroxylation is 1.